The van der Waals surface area contributed by atoms with E-state index in [0.29, 0.717) is 35.9 Å². The molecule has 0 radical (unpaired) electrons. The predicted molar refractivity (Wildman–Crippen MR) is 98.4 cm³/mol. The van der Waals surface area contributed by atoms with Gasteiger partial charge in [-0.25, -0.2) is 8.42 Å². The number of pyridine rings is 1. The van der Waals surface area contributed by atoms with E-state index < -0.39 is 10.0 Å². The highest BCUT2D eigenvalue weighted by Crippen LogP contribution is 2.38. The molecule has 3 heterocycles. The minimum Gasteiger partial charge on any atom is -0.493 e. The van der Waals surface area contributed by atoms with E-state index in [0.717, 1.165) is 6.42 Å². The van der Waals surface area contributed by atoms with Crippen molar-refractivity contribution in [2.45, 2.75) is 23.8 Å². The Bertz CT molecular complexity index is 1080. The smallest absolute Gasteiger partial charge is 0.243 e. The number of ether oxygens (including phenoxy) is 2. The van der Waals surface area contributed by atoms with Crippen LogP contribution in [0.3, 0.4) is 0 Å². The van der Waals surface area contributed by atoms with Gasteiger partial charge >= 0.3 is 0 Å². The fraction of sp³-hybridized carbons (Fsp3) is 0.333. The summed E-state index contributed by atoms with van der Waals surface area (Å²) in [6, 6.07) is 9.87. The Kier molecular flexibility index (Phi) is 4.48. The van der Waals surface area contributed by atoms with Crippen molar-refractivity contribution in [3.05, 3.63) is 48.4 Å². The highest BCUT2D eigenvalue weighted by molar-refractivity contribution is 7.89. The second-order valence-corrected chi connectivity index (χ2v) is 8.17. The van der Waals surface area contributed by atoms with Gasteiger partial charge < -0.3 is 9.47 Å². The van der Waals surface area contributed by atoms with Gasteiger partial charge in [-0.1, -0.05) is 6.07 Å². The Labute approximate surface area is 157 Å². The summed E-state index contributed by atoms with van der Waals surface area (Å²) in [5, 5.41) is 8.42. The molecule has 4 rings (SSSR count). The Morgan fingerprint density at radius 3 is 2.67 bits per heavy atom. The van der Waals surface area contributed by atoms with E-state index in [1.807, 2.05) is 28.8 Å². The number of benzene rings is 1. The highest BCUT2D eigenvalue weighted by atomic mass is 32.2. The molecule has 142 valence electrons. The Hall–Kier alpha value is -2.65. The van der Waals surface area contributed by atoms with E-state index in [1.165, 1.54) is 30.7 Å². The van der Waals surface area contributed by atoms with Crippen LogP contribution in [0.2, 0.25) is 0 Å². The monoisotopic (exact) mass is 388 g/mol. The predicted octanol–water partition coefficient (Wildman–Crippen LogP) is 2.27. The first-order valence-electron chi connectivity index (χ1n) is 8.60. The van der Waals surface area contributed by atoms with Crippen LogP contribution in [0.1, 0.15) is 24.7 Å². The fourth-order valence-corrected chi connectivity index (χ4v) is 5.16. The average molecular weight is 388 g/mol. The van der Waals surface area contributed by atoms with Gasteiger partial charge in [0.25, 0.3) is 0 Å². The van der Waals surface area contributed by atoms with E-state index in [1.54, 1.807) is 6.07 Å². The summed E-state index contributed by atoms with van der Waals surface area (Å²) >= 11 is 0. The summed E-state index contributed by atoms with van der Waals surface area (Å²) in [6.45, 7) is 0.434. The first-order valence-corrected chi connectivity index (χ1v) is 10.0. The van der Waals surface area contributed by atoms with Gasteiger partial charge in [-0.2, -0.15) is 4.31 Å². The molecule has 1 aliphatic rings. The Morgan fingerprint density at radius 1 is 1.07 bits per heavy atom. The molecule has 2 aromatic heterocycles. The molecule has 1 fully saturated rings. The van der Waals surface area contributed by atoms with Gasteiger partial charge in [-0.3, -0.25) is 4.40 Å². The first kappa shape index (κ1) is 17.7. The maximum atomic E-state index is 13.3. The summed E-state index contributed by atoms with van der Waals surface area (Å²) in [7, 11) is -0.729. The molecule has 0 amide bonds. The van der Waals surface area contributed by atoms with Gasteiger partial charge in [0.15, 0.2) is 23.0 Å². The molecule has 9 heteroatoms. The van der Waals surface area contributed by atoms with Crippen molar-refractivity contribution in [3.63, 3.8) is 0 Å². The van der Waals surface area contributed by atoms with Crippen molar-refractivity contribution < 1.29 is 17.9 Å². The van der Waals surface area contributed by atoms with Crippen LogP contribution in [0.5, 0.6) is 11.5 Å². The lowest BCUT2D eigenvalue weighted by molar-refractivity contribution is 0.352. The van der Waals surface area contributed by atoms with Crippen molar-refractivity contribution in [2.24, 2.45) is 0 Å². The number of fused-ring (bicyclic) bond motifs is 1. The number of nitrogens with zero attached hydrogens (tertiary/aromatic N) is 4. The lowest BCUT2D eigenvalue weighted by atomic mass is 10.2. The third kappa shape index (κ3) is 2.92. The lowest BCUT2D eigenvalue weighted by Crippen LogP contribution is -2.31. The number of rotatable bonds is 5. The Morgan fingerprint density at radius 2 is 1.89 bits per heavy atom. The van der Waals surface area contributed by atoms with Crippen LogP contribution >= 0.6 is 0 Å². The van der Waals surface area contributed by atoms with Crippen LogP contribution in [0.15, 0.2) is 47.5 Å². The van der Waals surface area contributed by atoms with E-state index in [9.17, 15) is 8.42 Å². The van der Waals surface area contributed by atoms with Crippen molar-refractivity contribution in [1.82, 2.24) is 18.9 Å². The summed E-state index contributed by atoms with van der Waals surface area (Å²) in [4.78, 5) is 0.167. The first-order chi connectivity index (χ1) is 13.1. The van der Waals surface area contributed by atoms with E-state index in [-0.39, 0.29) is 10.9 Å². The van der Waals surface area contributed by atoms with E-state index in [2.05, 4.69) is 10.2 Å². The van der Waals surface area contributed by atoms with Gasteiger partial charge in [0.1, 0.15) is 0 Å². The SMILES string of the molecule is COc1ccc(S(=O)(=O)N2CCCC2c2nnc3ccccn23)cc1OC. The maximum Gasteiger partial charge on any atom is 0.243 e. The lowest BCUT2D eigenvalue weighted by Gasteiger charge is -2.23. The van der Waals surface area contributed by atoms with Crippen LogP contribution in [-0.2, 0) is 10.0 Å². The van der Waals surface area contributed by atoms with Crippen LogP contribution in [-0.4, -0.2) is 48.1 Å². The minimum atomic E-state index is -3.72. The molecule has 0 aliphatic carbocycles. The van der Waals surface area contributed by atoms with Gasteiger partial charge in [-0.15, -0.1) is 10.2 Å². The largest absolute Gasteiger partial charge is 0.493 e. The fourth-order valence-electron chi connectivity index (χ4n) is 3.49. The number of sulfonamides is 1. The molecular formula is C18H20N4O4S. The van der Waals surface area contributed by atoms with Crippen LogP contribution in [0, 0.1) is 0 Å². The van der Waals surface area contributed by atoms with E-state index in [4.69, 9.17) is 9.47 Å². The van der Waals surface area contributed by atoms with Gasteiger partial charge in [-0.05, 0) is 37.1 Å². The van der Waals surface area contributed by atoms with Crippen molar-refractivity contribution >= 4 is 15.7 Å². The van der Waals surface area contributed by atoms with Crippen LogP contribution < -0.4 is 9.47 Å². The van der Waals surface area contributed by atoms with Gasteiger partial charge in [0.2, 0.25) is 10.0 Å². The summed E-state index contributed by atoms with van der Waals surface area (Å²) in [5.41, 5.74) is 0.697. The maximum absolute atomic E-state index is 13.3. The van der Waals surface area contributed by atoms with E-state index >= 15 is 0 Å². The van der Waals surface area contributed by atoms with Gasteiger partial charge in [0, 0.05) is 18.8 Å². The molecule has 3 aromatic rings. The Balaban J connectivity index is 1.75. The minimum absolute atomic E-state index is 0.167. The molecule has 1 atom stereocenters. The second kappa shape index (κ2) is 6.82. The van der Waals surface area contributed by atoms with Gasteiger partial charge in [0.05, 0.1) is 25.2 Å². The molecule has 0 saturated carbocycles. The molecule has 1 aromatic carbocycles. The van der Waals surface area contributed by atoms with Crippen molar-refractivity contribution in [1.29, 1.82) is 0 Å². The number of hydrogen-bond donors (Lipinski definition) is 0. The molecule has 0 spiro atoms. The standard InChI is InChI=1S/C18H20N4O4S/c1-25-15-9-8-13(12-16(15)26-2)27(23,24)22-11-5-6-14(22)18-20-19-17-7-3-4-10-21(17)18/h3-4,7-10,12,14H,5-6,11H2,1-2H3. The summed E-state index contributed by atoms with van der Waals surface area (Å²) in [5.74, 6) is 1.49. The summed E-state index contributed by atoms with van der Waals surface area (Å²) in [6.07, 6.45) is 3.31. The molecule has 1 aliphatic heterocycles. The number of hydrogen-bond acceptors (Lipinski definition) is 6. The quantitative estimate of drug-likeness (QED) is 0.666. The van der Waals surface area contributed by atoms with Crippen LogP contribution in [0.4, 0.5) is 0 Å². The number of aromatic nitrogens is 3. The average Bonchev–Trinajstić information content (AvgIpc) is 3.34. The molecule has 0 N–H and O–H groups in total. The molecule has 27 heavy (non-hydrogen) atoms. The molecule has 0 bridgehead atoms. The second-order valence-electron chi connectivity index (χ2n) is 6.28. The normalized spacial score (nSPS) is 18.1. The van der Waals surface area contributed by atoms with Crippen molar-refractivity contribution in [2.75, 3.05) is 20.8 Å². The zero-order valence-corrected chi connectivity index (χ0v) is 15.9. The van der Waals surface area contributed by atoms with Crippen LogP contribution in [0.25, 0.3) is 5.65 Å². The molecule has 1 unspecified atom stereocenters. The zero-order valence-electron chi connectivity index (χ0n) is 15.1. The highest BCUT2D eigenvalue weighted by Gasteiger charge is 2.39. The third-order valence-corrected chi connectivity index (χ3v) is 6.71. The zero-order chi connectivity index (χ0) is 19.0. The molecule has 8 nitrogen and oxygen atoms in total. The molecular weight excluding hydrogens is 368 g/mol. The third-order valence-electron chi connectivity index (χ3n) is 4.80. The topological polar surface area (TPSA) is 86.0 Å². The van der Waals surface area contributed by atoms with Crippen molar-refractivity contribution in [3.8, 4) is 11.5 Å². The number of methoxy groups -OCH3 is 2. The molecule has 1 saturated heterocycles. The summed E-state index contributed by atoms with van der Waals surface area (Å²) < 4.78 is 40.4.